The summed E-state index contributed by atoms with van der Waals surface area (Å²) in [4.78, 5) is 25.7. The molecule has 1 atom stereocenters. The van der Waals surface area contributed by atoms with Crippen molar-refractivity contribution in [3.05, 3.63) is 96.3 Å². The van der Waals surface area contributed by atoms with E-state index in [4.69, 9.17) is 15.2 Å². The number of fused-ring (bicyclic) bond motifs is 2. The van der Waals surface area contributed by atoms with E-state index >= 15 is 0 Å². The highest BCUT2D eigenvalue weighted by molar-refractivity contribution is 6.02. The van der Waals surface area contributed by atoms with Gasteiger partial charge in [0.2, 0.25) is 0 Å². The minimum absolute atomic E-state index is 0.146. The van der Waals surface area contributed by atoms with Crippen LogP contribution in [0.3, 0.4) is 0 Å². The molecule has 0 bridgehead atoms. The van der Waals surface area contributed by atoms with Crippen molar-refractivity contribution in [2.24, 2.45) is 0 Å². The van der Waals surface area contributed by atoms with E-state index in [1.165, 1.54) is 12.2 Å². The first-order valence-corrected chi connectivity index (χ1v) is 9.90. The van der Waals surface area contributed by atoms with Crippen LogP contribution in [0.5, 0.6) is 17.2 Å². The maximum atomic E-state index is 12.0. The zero-order valence-electron chi connectivity index (χ0n) is 16.8. The van der Waals surface area contributed by atoms with Crippen molar-refractivity contribution in [2.45, 2.75) is 6.04 Å². The fraction of sp³-hybridized carbons (Fsp3) is 0.0400. The molecular weight excluding hydrogens is 408 g/mol. The number of aromatic carboxylic acids is 1. The summed E-state index contributed by atoms with van der Waals surface area (Å²) in [5.74, 6) is 0.755. The van der Waals surface area contributed by atoms with E-state index in [1.807, 2.05) is 11.0 Å². The van der Waals surface area contributed by atoms with Crippen LogP contribution in [-0.2, 0) is 4.79 Å². The lowest BCUT2D eigenvalue weighted by molar-refractivity contribution is -0.110. The van der Waals surface area contributed by atoms with Crippen molar-refractivity contribution in [3.63, 3.8) is 0 Å². The number of carbonyl (C=O) groups is 2. The van der Waals surface area contributed by atoms with E-state index in [1.54, 1.807) is 66.7 Å². The van der Waals surface area contributed by atoms with E-state index in [0.717, 1.165) is 0 Å². The number of allylic oxidation sites excluding steroid dienone is 2. The summed E-state index contributed by atoms with van der Waals surface area (Å²) >= 11 is 0. The Bertz CT molecular complexity index is 1290. The molecule has 3 aromatic rings. The zero-order valence-corrected chi connectivity index (χ0v) is 16.8. The van der Waals surface area contributed by atoms with Crippen molar-refractivity contribution in [2.75, 3.05) is 10.6 Å². The van der Waals surface area contributed by atoms with Gasteiger partial charge in [0.1, 0.15) is 23.3 Å². The lowest BCUT2D eigenvalue weighted by Crippen LogP contribution is -2.39. The van der Waals surface area contributed by atoms with Crippen molar-refractivity contribution in [3.8, 4) is 17.2 Å². The second-order valence-electron chi connectivity index (χ2n) is 7.35. The molecular formula is C25H18N2O5. The van der Waals surface area contributed by atoms with Gasteiger partial charge in [-0.2, -0.15) is 0 Å². The monoisotopic (exact) mass is 426 g/mol. The van der Waals surface area contributed by atoms with Gasteiger partial charge >= 0.3 is 5.97 Å². The van der Waals surface area contributed by atoms with Crippen LogP contribution in [-0.4, -0.2) is 22.9 Å². The number of carbonyl (C=O) groups excluding carboxylic acids is 1. The van der Waals surface area contributed by atoms with Gasteiger partial charge in [0.25, 0.3) is 0 Å². The molecule has 0 fully saturated rings. The highest BCUT2D eigenvalue weighted by Gasteiger charge is 2.35. The van der Waals surface area contributed by atoms with Gasteiger partial charge in [0, 0.05) is 17.8 Å². The van der Waals surface area contributed by atoms with Crippen LogP contribution >= 0.6 is 0 Å². The lowest BCUT2D eigenvalue weighted by Gasteiger charge is -2.39. The van der Waals surface area contributed by atoms with Gasteiger partial charge in [-0.3, -0.25) is 4.79 Å². The quantitative estimate of drug-likeness (QED) is 0.584. The molecule has 2 aliphatic rings. The van der Waals surface area contributed by atoms with E-state index in [-0.39, 0.29) is 11.3 Å². The Balaban J connectivity index is 1.61. The Morgan fingerprint density at radius 2 is 1.75 bits per heavy atom. The third kappa shape index (κ3) is 3.45. The molecule has 1 aliphatic heterocycles. The molecule has 1 heterocycles. The highest BCUT2D eigenvalue weighted by atomic mass is 16.5. The van der Waals surface area contributed by atoms with Crippen LogP contribution in [0.2, 0.25) is 0 Å². The maximum absolute atomic E-state index is 12.0. The van der Waals surface area contributed by atoms with E-state index in [2.05, 4.69) is 0 Å². The van der Waals surface area contributed by atoms with Crippen LogP contribution in [0.15, 0.2) is 90.7 Å². The third-order valence-electron chi connectivity index (χ3n) is 5.23. The van der Waals surface area contributed by atoms with Crippen molar-refractivity contribution < 1.29 is 24.2 Å². The number of carboxylic acids is 1. The number of carboxylic acid groups (broad SMARTS) is 1. The summed E-state index contributed by atoms with van der Waals surface area (Å²) in [6.07, 6.45) is 4.58. The number of rotatable bonds is 4. The molecule has 0 radical (unpaired) electrons. The lowest BCUT2D eigenvalue weighted by atomic mass is 10.00. The number of hydrogen-bond donors (Lipinski definition) is 2. The highest BCUT2D eigenvalue weighted by Crippen LogP contribution is 2.46. The second kappa shape index (κ2) is 7.63. The van der Waals surface area contributed by atoms with Crippen LogP contribution in [0.25, 0.3) is 0 Å². The van der Waals surface area contributed by atoms with Crippen molar-refractivity contribution in [1.82, 2.24) is 0 Å². The Kier molecular flexibility index (Phi) is 4.63. The van der Waals surface area contributed by atoms with Crippen molar-refractivity contribution >= 4 is 28.8 Å². The smallest absolute Gasteiger partial charge is 0.337 e. The summed E-state index contributed by atoms with van der Waals surface area (Å²) < 4.78 is 12.0. The number of para-hydroxylation sites is 1. The molecule has 5 rings (SSSR count). The van der Waals surface area contributed by atoms with E-state index in [0.29, 0.717) is 40.1 Å². The Labute approximate surface area is 183 Å². The largest absolute Gasteiger partial charge is 0.478 e. The van der Waals surface area contributed by atoms with Gasteiger partial charge < -0.3 is 25.2 Å². The summed E-state index contributed by atoms with van der Waals surface area (Å²) in [5, 5.41) is 9.74. The van der Waals surface area contributed by atoms with E-state index in [9.17, 15) is 14.7 Å². The molecule has 0 saturated heterocycles. The number of benzene rings is 3. The molecule has 0 aromatic heterocycles. The maximum Gasteiger partial charge on any atom is 0.337 e. The Morgan fingerprint density at radius 3 is 2.53 bits per heavy atom. The first-order valence-electron chi connectivity index (χ1n) is 9.90. The zero-order chi connectivity index (χ0) is 22.2. The number of nitrogen functional groups attached to an aromatic ring is 1. The van der Waals surface area contributed by atoms with Crippen LogP contribution in [0.1, 0.15) is 10.4 Å². The average molecular weight is 426 g/mol. The summed E-state index contributed by atoms with van der Waals surface area (Å²) in [5.41, 5.74) is 7.65. The van der Waals surface area contributed by atoms with Crippen LogP contribution in [0, 0.1) is 0 Å². The first kappa shape index (κ1) is 19.4. The van der Waals surface area contributed by atoms with Crippen molar-refractivity contribution in [1.29, 1.82) is 0 Å². The number of anilines is 3. The van der Waals surface area contributed by atoms with Gasteiger partial charge in [0.05, 0.1) is 16.9 Å². The predicted octanol–water partition coefficient (Wildman–Crippen LogP) is 4.68. The number of hydrogen-bond acceptors (Lipinski definition) is 6. The molecule has 1 aliphatic carbocycles. The van der Waals surface area contributed by atoms with Gasteiger partial charge in [-0.15, -0.1) is 0 Å². The third-order valence-corrected chi connectivity index (χ3v) is 5.23. The number of ether oxygens (including phenoxy) is 2. The normalized spacial score (nSPS) is 16.5. The fourth-order valence-electron chi connectivity index (χ4n) is 3.79. The Morgan fingerprint density at radius 1 is 1.00 bits per heavy atom. The molecule has 7 nitrogen and oxygen atoms in total. The summed E-state index contributed by atoms with van der Waals surface area (Å²) in [7, 11) is 0. The van der Waals surface area contributed by atoms with Gasteiger partial charge in [-0.1, -0.05) is 18.2 Å². The summed E-state index contributed by atoms with van der Waals surface area (Å²) in [6, 6.07) is 18.6. The molecule has 158 valence electrons. The molecule has 0 spiro atoms. The fourth-order valence-corrected chi connectivity index (χ4v) is 3.79. The van der Waals surface area contributed by atoms with Gasteiger partial charge in [0.15, 0.2) is 11.5 Å². The first-order chi connectivity index (χ1) is 15.5. The SMILES string of the molecule is Nc1ccc(Oc2ccc3c(c2)OC2=CC(=O)C=CC2N3c2ccccc2C(=O)O)cc1. The standard InChI is InChI=1S/C25H18N2O5/c26-15-5-8-17(9-6-15)31-18-10-12-22-24(14-18)32-23-13-16(28)7-11-21(23)27(22)20-4-2-1-3-19(20)25(29)30/h1-14,21H,26H2,(H,29,30). The Hall–Kier alpha value is -4.52. The average Bonchev–Trinajstić information content (AvgIpc) is 2.79. The molecule has 0 saturated carbocycles. The molecule has 0 amide bonds. The summed E-state index contributed by atoms with van der Waals surface area (Å²) in [6.45, 7) is 0. The number of nitrogens with two attached hydrogens (primary N) is 1. The molecule has 3 N–H and O–H groups in total. The molecule has 32 heavy (non-hydrogen) atoms. The number of ketones is 1. The van der Waals surface area contributed by atoms with Crippen LogP contribution < -0.4 is 20.1 Å². The molecule has 7 heteroatoms. The van der Waals surface area contributed by atoms with Crippen LogP contribution in [0.4, 0.5) is 17.1 Å². The van der Waals surface area contributed by atoms with Gasteiger partial charge in [-0.25, -0.2) is 4.79 Å². The minimum atomic E-state index is -1.04. The van der Waals surface area contributed by atoms with E-state index < -0.39 is 12.0 Å². The molecule has 1 unspecified atom stereocenters. The topological polar surface area (TPSA) is 102 Å². The number of nitrogens with zero attached hydrogens (tertiary/aromatic N) is 1. The van der Waals surface area contributed by atoms with Gasteiger partial charge in [-0.05, 0) is 54.6 Å². The minimum Gasteiger partial charge on any atom is -0.478 e. The molecule has 3 aromatic carbocycles. The second-order valence-corrected chi connectivity index (χ2v) is 7.35. The predicted molar refractivity (Wildman–Crippen MR) is 120 cm³/mol.